The van der Waals surface area contributed by atoms with E-state index in [4.69, 9.17) is 26.5 Å². The van der Waals surface area contributed by atoms with Crippen molar-refractivity contribution < 1.29 is 22.9 Å². The van der Waals surface area contributed by atoms with Crippen LogP contribution in [0.2, 0.25) is 0 Å². The molecule has 2 aliphatic carbocycles. The monoisotopic (exact) mass is 905 g/mol. The number of aromatic nitrogens is 2. The van der Waals surface area contributed by atoms with Crippen LogP contribution in [-0.4, -0.2) is 9.97 Å². The van der Waals surface area contributed by atoms with Crippen molar-refractivity contribution in [3.05, 3.63) is 155 Å². The summed E-state index contributed by atoms with van der Waals surface area (Å²) in [4.78, 5) is 9.62. The molecule has 3 heterocycles. The van der Waals surface area contributed by atoms with Gasteiger partial charge in [-0.2, -0.15) is 0 Å². The zero-order valence-corrected chi connectivity index (χ0v) is 40.2. The van der Waals surface area contributed by atoms with Gasteiger partial charge in [0, 0.05) is 48.0 Å². The van der Waals surface area contributed by atoms with Crippen molar-refractivity contribution in [3.8, 4) is 45.1 Å². The maximum Gasteiger partial charge on any atom is 0.145 e. The first-order valence-electron chi connectivity index (χ1n) is 29.2. The third-order valence-corrected chi connectivity index (χ3v) is 15.5. The second-order valence-electron chi connectivity index (χ2n) is 22.1. The highest BCUT2D eigenvalue weighted by Crippen LogP contribution is 2.59. The molecule has 0 saturated heterocycles. The Morgan fingerprint density at radius 3 is 2.18 bits per heavy atom. The molecular weight excluding hydrogens is 829 g/mol. The van der Waals surface area contributed by atoms with E-state index in [1.807, 2.05) is 36.5 Å². The summed E-state index contributed by atoms with van der Waals surface area (Å²) >= 11 is 0. The van der Waals surface area contributed by atoms with Crippen molar-refractivity contribution >= 4 is 43.5 Å². The molecular formula is C64H66N2O2. The largest absolute Gasteiger partial charge is 0.457 e. The summed E-state index contributed by atoms with van der Waals surface area (Å²) in [6.07, 6.45) is 8.73. The van der Waals surface area contributed by atoms with Gasteiger partial charge in [-0.3, -0.25) is 9.97 Å². The van der Waals surface area contributed by atoms with Crippen molar-refractivity contribution in [2.45, 2.75) is 113 Å². The Labute approximate surface area is 417 Å². The van der Waals surface area contributed by atoms with Crippen LogP contribution in [0.5, 0.6) is 11.5 Å². The number of hydrogen-bond acceptors (Lipinski definition) is 4. The van der Waals surface area contributed by atoms with Crippen LogP contribution in [0.3, 0.4) is 0 Å². The molecule has 3 atom stereocenters. The highest BCUT2D eigenvalue weighted by molar-refractivity contribution is 6.17. The molecule has 11 rings (SSSR count). The van der Waals surface area contributed by atoms with Crippen LogP contribution in [0.15, 0.2) is 132 Å². The van der Waals surface area contributed by atoms with E-state index in [1.165, 1.54) is 11.6 Å². The highest BCUT2D eigenvalue weighted by Gasteiger charge is 2.48. The molecule has 0 amide bonds. The summed E-state index contributed by atoms with van der Waals surface area (Å²) in [6.45, 7) is 7.94. The number of benzene rings is 6. The lowest BCUT2D eigenvalue weighted by Gasteiger charge is -2.54. The van der Waals surface area contributed by atoms with Crippen LogP contribution in [0.25, 0.3) is 77.1 Å². The Balaban J connectivity index is 1.09. The van der Waals surface area contributed by atoms with Crippen molar-refractivity contribution in [3.63, 3.8) is 0 Å². The number of ether oxygens (including phenoxy) is 1. The summed E-state index contributed by atoms with van der Waals surface area (Å²) in [5.74, 6) is 0.246. The fourth-order valence-corrected chi connectivity index (χ4v) is 12.7. The molecule has 344 valence electrons. The summed E-state index contributed by atoms with van der Waals surface area (Å²) in [5, 5.41) is 5.81. The molecule has 9 aromatic rings. The van der Waals surface area contributed by atoms with E-state index in [2.05, 4.69) is 95.9 Å². The Hall–Kier alpha value is -6.26. The lowest BCUT2D eigenvalue weighted by Crippen LogP contribution is -2.44. The molecule has 2 saturated carbocycles. The molecule has 0 bridgehead atoms. The standard InChI is InChI=1S/C64H66N2O2/c1-38-24-57(65-35-40(38)3)46-26-52(43-16-12-11-13-17-43)42(5)59(27-46)67-48-28-55-54-25-45-21-20-44-18-14-15-19-50(44)53(45)31-60(54)68-61(55)56(29-48)58-30-51(41(4)36-66-58)49-22-23-64(10,32-39(49)2)47-33-62(6,7)37-63(8,9)34-47/h11-21,24-31,35-36,39,47,49H,22-23,32-34,37H2,1-10H3/i1D3,3D3,5D3,47D. The van der Waals surface area contributed by atoms with Gasteiger partial charge in [0.2, 0.25) is 0 Å². The lowest BCUT2D eigenvalue weighted by atomic mass is 9.51. The zero-order valence-electron chi connectivity index (χ0n) is 50.2. The van der Waals surface area contributed by atoms with Gasteiger partial charge in [-0.05, 0) is 209 Å². The Bertz CT molecular complexity index is 3820. The Morgan fingerprint density at radius 1 is 0.647 bits per heavy atom. The number of hydrogen-bond donors (Lipinski definition) is 0. The number of nitrogens with zero attached hydrogens (tertiary/aromatic N) is 2. The molecule has 3 unspecified atom stereocenters. The van der Waals surface area contributed by atoms with Crippen LogP contribution < -0.4 is 4.74 Å². The van der Waals surface area contributed by atoms with Gasteiger partial charge >= 0.3 is 0 Å². The van der Waals surface area contributed by atoms with Crippen LogP contribution in [0.4, 0.5) is 0 Å². The van der Waals surface area contributed by atoms with Crippen molar-refractivity contribution in [1.82, 2.24) is 9.97 Å². The fourth-order valence-electron chi connectivity index (χ4n) is 12.7. The molecule has 0 radical (unpaired) electrons. The summed E-state index contributed by atoms with van der Waals surface area (Å²) in [7, 11) is 0. The van der Waals surface area contributed by atoms with Gasteiger partial charge in [0.25, 0.3) is 0 Å². The Morgan fingerprint density at radius 2 is 1.40 bits per heavy atom. The van der Waals surface area contributed by atoms with Crippen LogP contribution in [0.1, 0.15) is 128 Å². The molecule has 2 fully saturated rings. The third-order valence-electron chi connectivity index (χ3n) is 15.5. The average molecular weight is 905 g/mol. The van der Waals surface area contributed by atoms with Gasteiger partial charge in [-0.1, -0.05) is 108 Å². The smallest absolute Gasteiger partial charge is 0.145 e. The first kappa shape index (κ1) is 34.1. The zero-order chi connectivity index (χ0) is 55.7. The second-order valence-corrected chi connectivity index (χ2v) is 22.1. The van der Waals surface area contributed by atoms with Crippen LogP contribution in [0, 0.1) is 55.5 Å². The number of furan rings is 1. The van der Waals surface area contributed by atoms with E-state index < -0.39 is 32.0 Å². The molecule has 0 aliphatic heterocycles. The predicted molar refractivity (Wildman–Crippen MR) is 285 cm³/mol. The van der Waals surface area contributed by atoms with Gasteiger partial charge in [-0.15, -0.1) is 0 Å². The molecule has 0 spiro atoms. The topological polar surface area (TPSA) is 48.2 Å². The maximum atomic E-state index is 10.2. The van der Waals surface area contributed by atoms with Gasteiger partial charge in [0.15, 0.2) is 0 Å². The van der Waals surface area contributed by atoms with E-state index in [0.29, 0.717) is 44.9 Å². The molecule has 3 aromatic heterocycles. The number of aryl methyl sites for hydroxylation is 3. The van der Waals surface area contributed by atoms with Crippen molar-refractivity contribution in [2.75, 3.05) is 0 Å². The first-order chi connectivity index (χ1) is 36.5. The van der Waals surface area contributed by atoms with Crippen molar-refractivity contribution in [2.24, 2.45) is 28.1 Å². The van der Waals surface area contributed by atoms with E-state index in [-0.39, 0.29) is 50.7 Å². The van der Waals surface area contributed by atoms with Gasteiger partial charge in [0.05, 0.1) is 11.4 Å². The van der Waals surface area contributed by atoms with E-state index in [1.54, 1.807) is 36.4 Å². The molecule has 4 heteroatoms. The van der Waals surface area contributed by atoms with E-state index >= 15 is 0 Å². The normalized spacial score (nSPS) is 23.9. The predicted octanol–water partition coefficient (Wildman–Crippen LogP) is 18.5. The molecule has 68 heavy (non-hydrogen) atoms. The van der Waals surface area contributed by atoms with E-state index in [0.717, 1.165) is 82.6 Å². The van der Waals surface area contributed by atoms with E-state index in [9.17, 15) is 1.37 Å². The quantitative estimate of drug-likeness (QED) is 0.150. The first-order valence-corrected chi connectivity index (χ1v) is 24.2. The number of pyridine rings is 2. The lowest BCUT2D eigenvalue weighted by molar-refractivity contribution is -0.0280. The fraction of sp³-hybridized carbons (Fsp3) is 0.344. The van der Waals surface area contributed by atoms with Gasteiger partial charge < -0.3 is 9.15 Å². The Kier molecular flexibility index (Phi) is 8.25. The summed E-state index contributed by atoms with van der Waals surface area (Å²) in [6, 6.07) is 36.1. The molecule has 6 aromatic carbocycles. The maximum absolute atomic E-state index is 10.2. The molecule has 4 nitrogen and oxygen atoms in total. The number of fused-ring (bicyclic) bond motifs is 6. The second kappa shape index (κ2) is 16.5. The number of rotatable bonds is 7. The van der Waals surface area contributed by atoms with Gasteiger partial charge in [0.1, 0.15) is 22.7 Å². The minimum absolute atomic E-state index is 0.0213. The van der Waals surface area contributed by atoms with Crippen LogP contribution in [-0.2, 0) is 0 Å². The van der Waals surface area contributed by atoms with Crippen molar-refractivity contribution in [1.29, 1.82) is 0 Å². The summed E-state index contributed by atoms with van der Waals surface area (Å²) in [5.41, 5.74) is 5.35. The minimum Gasteiger partial charge on any atom is -0.457 e. The molecule has 0 N–H and O–H groups in total. The summed E-state index contributed by atoms with van der Waals surface area (Å²) < 4.78 is 101. The molecule has 2 aliphatic rings. The van der Waals surface area contributed by atoms with Crippen LogP contribution >= 0.6 is 0 Å². The third kappa shape index (κ3) is 7.98. The highest BCUT2D eigenvalue weighted by atomic mass is 16.5. The van der Waals surface area contributed by atoms with Gasteiger partial charge in [-0.25, -0.2) is 0 Å². The minimum atomic E-state index is -2.80. The average Bonchev–Trinajstić information content (AvgIpc) is 3.87. The SMILES string of the molecule is [2H]C([2H])([2H])c1cnc(-c2cc(Oc3cc(-c4cc(C5CCC(C)(C6([2H])CC(C)(C)CC(C)(C)C6)CC5C)c(C)cn4)c4oc5cc6c(ccc7ccccc76)cc5c4c3)c(C([2H])([2H])[2H])c(-c3ccccc3)c2)cc1C([2H])([2H])[2H].